The summed E-state index contributed by atoms with van der Waals surface area (Å²) in [5.74, 6) is -5.14. The molecule has 2 unspecified atom stereocenters. The summed E-state index contributed by atoms with van der Waals surface area (Å²) in [5, 5.41) is 9.87. The smallest absolute Gasteiger partial charge is 0.389 e. The van der Waals surface area contributed by atoms with Gasteiger partial charge in [0.1, 0.15) is 23.7 Å². The third-order valence-electron chi connectivity index (χ3n) is 8.91. The SMILES string of the molecule is C=CCNC(=O)C(=O)C(CCC(F)(F)F)NC(=O)[C@@H]1[C@@H]2[C@H](CN1C(=O)[C@@H](NC(=O)NC(C(=O)OC(C)(C)C)C(C)(C)C)C(C)(C)C)C2(C)C. The summed E-state index contributed by atoms with van der Waals surface area (Å²) in [6.07, 6.45) is -5.70. The monoisotopic (exact) mass is 701 g/mol. The number of nitrogens with one attached hydrogen (secondary N) is 4. The fraction of sp³-hybridized carbons (Fsp3) is 0.765. The van der Waals surface area contributed by atoms with Gasteiger partial charge in [-0.2, -0.15) is 13.2 Å². The number of ether oxygens (including phenoxy) is 1. The van der Waals surface area contributed by atoms with E-state index in [2.05, 4.69) is 27.8 Å². The standard InChI is InChI=1S/C34H54F3N5O7/c1-13-16-38-26(45)22(43)19(14-15-34(35,36)37)39-25(44)21-20-18(33(20,11)12)17-42(21)27(46)23(30(2,3)4)40-29(48)41-24(31(5,6)7)28(47)49-32(8,9)10/h13,18-21,23-24H,1,14-17H2,2-12H3,(H,38,45)(H,39,44)(H2,40,41,48)/t18-,19?,20-,21-,23+,24?/m0/s1. The predicted molar refractivity (Wildman–Crippen MR) is 176 cm³/mol. The Balaban J connectivity index is 2.38. The number of carbonyl (C=O) groups excluding carboxylic acids is 6. The molecule has 6 atom stereocenters. The summed E-state index contributed by atoms with van der Waals surface area (Å²) in [7, 11) is 0. The van der Waals surface area contributed by atoms with E-state index in [0.717, 1.165) is 0 Å². The van der Waals surface area contributed by atoms with Crippen molar-refractivity contribution in [1.29, 1.82) is 0 Å². The minimum absolute atomic E-state index is 0.115. The number of rotatable bonds is 12. The fourth-order valence-electron chi connectivity index (χ4n) is 6.17. The molecule has 15 heteroatoms. The number of hydrogen-bond donors (Lipinski definition) is 4. The first-order chi connectivity index (χ1) is 22.0. The third kappa shape index (κ3) is 10.9. The lowest BCUT2D eigenvalue weighted by molar-refractivity contribution is -0.160. The van der Waals surface area contributed by atoms with Crippen LogP contribution >= 0.6 is 0 Å². The van der Waals surface area contributed by atoms with Crippen molar-refractivity contribution < 1.29 is 46.7 Å². The number of amides is 5. The van der Waals surface area contributed by atoms with E-state index in [4.69, 9.17) is 4.74 Å². The Morgan fingerprint density at radius 2 is 1.43 bits per heavy atom. The normalized spacial score (nSPS) is 22.1. The summed E-state index contributed by atoms with van der Waals surface area (Å²) in [6, 6.07) is -6.12. The Bertz CT molecular complexity index is 1310. The van der Waals surface area contributed by atoms with Gasteiger partial charge in [-0.15, -0.1) is 6.58 Å². The van der Waals surface area contributed by atoms with Crippen LogP contribution in [0, 0.1) is 28.1 Å². The molecule has 2 aliphatic rings. The van der Waals surface area contributed by atoms with Crippen molar-refractivity contribution in [1.82, 2.24) is 26.2 Å². The first-order valence-electron chi connectivity index (χ1n) is 16.4. The topological polar surface area (TPSA) is 163 Å². The van der Waals surface area contributed by atoms with Gasteiger partial charge in [-0.3, -0.25) is 19.2 Å². The molecule has 278 valence electrons. The van der Waals surface area contributed by atoms with E-state index in [-0.39, 0.29) is 19.0 Å². The lowest BCUT2D eigenvalue weighted by Crippen LogP contribution is -2.63. The minimum Gasteiger partial charge on any atom is -0.458 e. The summed E-state index contributed by atoms with van der Waals surface area (Å²) in [6.45, 7) is 22.6. The molecule has 0 aromatic carbocycles. The molecule has 1 saturated heterocycles. The van der Waals surface area contributed by atoms with Gasteiger partial charge in [0.05, 0.1) is 6.04 Å². The van der Waals surface area contributed by atoms with Crippen LogP contribution in [0.3, 0.4) is 0 Å². The fourth-order valence-corrected chi connectivity index (χ4v) is 6.17. The second-order valence-corrected chi connectivity index (χ2v) is 16.7. The highest BCUT2D eigenvalue weighted by molar-refractivity contribution is 6.38. The second-order valence-electron chi connectivity index (χ2n) is 16.7. The highest BCUT2D eigenvalue weighted by Crippen LogP contribution is 2.65. The molecule has 0 bridgehead atoms. The molecule has 0 spiro atoms. The van der Waals surface area contributed by atoms with E-state index < -0.39 is 106 Å². The van der Waals surface area contributed by atoms with Gasteiger partial charge in [-0.05, 0) is 55.3 Å². The molecule has 0 aromatic heterocycles. The van der Waals surface area contributed by atoms with Crippen molar-refractivity contribution in [2.24, 2.45) is 28.1 Å². The highest BCUT2D eigenvalue weighted by Gasteiger charge is 2.70. The zero-order valence-corrected chi connectivity index (χ0v) is 30.5. The molecule has 12 nitrogen and oxygen atoms in total. The number of carbonyl (C=O) groups is 6. The molecule has 1 aliphatic carbocycles. The number of Topliss-reactive ketones (excluding diaryl/α,β-unsaturated/α-hetero) is 1. The number of likely N-dealkylation sites (tertiary alicyclic amines) is 1. The summed E-state index contributed by atoms with van der Waals surface area (Å²) in [4.78, 5) is 81.1. The lowest BCUT2D eigenvalue weighted by Gasteiger charge is -2.38. The first kappa shape index (κ1) is 41.5. The number of alkyl halides is 3. The van der Waals surface area contributed by atoms with Crippen molar-refractivity contribution in [3.05, 3.63) is 12.7 Å². The van der Waals surface area contributed by atoms with Gasteiger partial charge in [0, 0.05) is 19.5 Å². The molecule has 2 fully saturated rings. The summed E-state index contributed by atoms with van der Waals surface area (Å²) in [5.41, 5.74) is -2.90. The molecule has 1 saturated carbocycles. The molecular formula is C34H54F3N5O7. The van der Waals surface area contributed by atoms with E-state index in [1.54, 1.807) is 62.3 Å². The molecule has 0 radical (unpaired) electrons. The Hall–Kier alpha value is -3.65. The van der Waals surface area contributed by atoms with E-state index in [0.29, 0.717) is 0 Å². The van der Waals surface area contributed by atoms with E-state index in [1.807, 2.05) is 13.8 Å². The molecule has 4 N–H and O–H groups in total. The Kier molecular flexibility index (Phi) is 12.4. The Labute approximate surface area is 287 Å². The van der Waals surface area contributed by atoms with Gasteiger partial charge in [0.15, 0.2) is 0 Å². The zero-order chi connectivity index (χ0) is 38.1. The number of halogens is 3. The molecule has 2 rings (SSSR count). The van der Waals surface area contributed by atoms with E-state index in [9.17, 15) is 41.9 Å². The summed E-state index contributed by atoms with van der Waals surface area (Å²) < 4.78 is 45.0. The van der Waals surface area contributed by atoms with Crippen LogP contribution in [-0.4, -0.2) is 89.4 Å². The van der Waals surface area contributed by atoms with E-state index in [1.165, 1.54) is 11.0 Å². The van der Waals surface area contributed by atoms with Crippen LogP contribution in [0.15, 0.2) is 12.7 Å². The van der Waals surface area contributed by atoms with Crippen molar-refractivity contribution in [3.63, 3.8) is 0 Å². The van der Waals surface area contributed by atoms with Gasteiger partial charge in [-0.1, -0.05) is 61.5 Å². The average molecular weight is 702 g/mol. The summed E-state index contributed by atoms with van der Waals surface area (Å²) >= 11 is 0. The van der Waals surface area contributed by atoms with Gasteiger partial charge >= 0.3 is 18.2 Å². The first-order valence-corrected chi connectivity index (χ1v) is 16.4. The molecule has 0 aromatic rings. The Morgan fingerprint density at radius 1 is 0.898 bits per heavy atom. The number of nitrogens with zero attached hydrogens (tertiary/aromatic N) is 1. The average Bonchev–Trinajstić information content (AvgIpc) is 3.24. The van der Waals surface area contributed by atoms with Crippen LogP contribution in [0.2, 0.25) is 0 Å². The third-order valence-corrected chi connectivity index (χ3v) is 8.91. The van der Waals surface area contributed by atoms with Gasteiger partial charge in [0.25, 0.3) is 5.91 Å². The number of piperidine rings is 1. The largest absolute Gasteiger partial charge is 0.458 e. The van der Waals surface area contributed by atoms with Crippen LogP contribution in [0.25, 0.3) is 0 Å². The molecule has 1 aliphatic heterocycles. The van der Waals surface area contributed by atoms with Gasteiger partial charge in [0.2, 0.25) is 17.6 Å². The molecular weight excluding hydrogens is 647 g/mol. The Morgan fingerprint density at radius 3 is 1.90 bits per heavy atom. The zero-order valence-electron chi connectivity index (χ0n) is 30.5. The van der Waals surface area contributed by atoms with Crippen molar-refractivity contribution in [3.8, 4) is 0 Å². The second kappa shape index (κ2) is 14.7. The van der Waals surface area contributed by atoms with Crippen LogP contribution in [0.5, 0.6) is 0 Å². The number of urea groups is 1. The maximum Gasteiger partial charge on any atom is 0.389 e. The van der Waals surface area contributed by atoms with Crippen LogP contribution in [0.4, 0.5) is 18.0 Å². The number of fused-ring (bicyclic) bond motifs is 1. The number of hydrogen-bond acceptors (Lipinski definition) is 7. The maximum atomic E-state index is 14.2. The number of ketones is 1. The maximum absolute atomic E-state index is 14.2. The molecule has 49 heavy (non-hydrogen) atoms. The minimum atomic E-state index is -4.67. The number of esters is 1. The quantitative estimate of drug-likeness (QED) is 0.137. The van der Waals surface area contributed by atoms with Gasteiger partial charge < -0.3 is 30.9 Å². The molecule has 1 heterocycles. The van der Waals surface area contributed by atoms with Crippen molar-refractivity contribution >= 4 is 35.5 Å². The van der Waals surface area contributed by atoms with Gasteiger partial charge in [-0.25, -0.2) is 9.59 Å². The predicted octanol–water partition coefficient (Wildman–Crippen LogP) is 3.64. The van der Waals surface area contributed by atoms with Crippen molar-refractivity contribution in [2.45, 2.75) is 125 Å². The molecule has 5 amide bonds. The van der Waals surface area contributed by atoms with Crippen LogP contribution in [0.1, 0.15) is 89.0 Å². The van der Waals surface area contributed by atoms with Crippen LogP contribution in [-0.2, 0) is 28.7 Å². The van der Waals surface area contributed by atoms with E-state index >= 15 is 0 Å². The van der Waals surface area contributed by atoms with Crippen LogP contribution < -0.4 is 21.3 Å². The van der Waals surface area contributed by atoms with Crippen molar-refractivity contribution in [2.75, 3.05) is 13.1 Å². The highest BCUT2D eigenvalue weighted by atomic mass is 19.4. The lowest BCUT2D eigenvalue weighted by atomic mass is 9.85.